The predicted molar refractivity (Wildman–Crippen MR) is 107 cm³/mol. The second-order valence-corrected chi connectivity index (χ2v) is 7.14. The summed E-state index contributed by atoms with van der Waals surface area (Å²) in [5.74, 6) is 1.31. The number of pyridine rings is 1. The van der Waals surface area contributed by atoms with Crippen molar-refractivity contribution in [3.8, 4) is 5.75 Å². The molecule has 2 N–H and O–H groups in total. The molecule has 1 aromatic carbocycles. The lowest BCUT2D eigenvalue weighted by atomic mass is 10.2. The second kappa shape index (κ2) is 6.76. The molecule has 0 aliphatic carbocycles. The van der Waals surface area contributed by atoms with Gasteiger partial charge in [-0.1, -0.05) is 6.07 Å². The minimum atomic E-state index is -0.0719. The number of rotatable bonds is 4. The molecule has 7 nitrogen and oxygen atoms in total. The number of fused-ring (bicyclic) bond motifs is 2. The number of ether oxygens (including phenoxy) is 2. The molecule has 2 unspecified atom stereocenters. The first-order chi connectivity index (χ1) is 13.7. The predicted octanol–water partition coefficient (Wildman–Crippen LogP) is 3.63. The number of anilines is 1. The van der Waals surface area contributed by atoms with E-state index in [9.17, 15) is 0 Å². The van der Waals surface area contributed by atoms with Gasteiger partial charge in [-0.2, -0.15) is 0 Å². The molecule has 4 heterocycles. The number of hydrogen-bond donors (Lipinski definition) is 1. The highest BCUT2D eigenvalue weighted by Crippen LogP contribution is 2.34. The number of aryl methyl sites for hydroxylation is 1. The molecule has 142 valence electrons. The summed E-state index contributed by atoms with van der Waals surface area (Å²) in [4.78, 5) is 12.9. The maximum absolute atomic E-state index is 6.24. The van der Waals surface area contributed by atoms with E-state index in [2.05, 4.69) is 19.5 Å². The van der Waals surface area contributed by atoms with Crippen molar-refractivity contribution >= 4 is 27.8 Å². The summed E-state index contributed by atoms with van der Waals surface area (Å²) in [6, 6.07) is 9.93. The minimum Gasteiger partial charge on any atom is -0.491 e. The molecule has 2 atom stereocenters. The Morgan fingerprint density at radius 2 is 2.14 bits per heavy atom. The molecular formula is C21H21N5O2. The molecule has 7 heteroatoms. The summed E-state index contributed by atoms with van der Waals surface area (Å²) in [6.07, 6.45) is 7.11. The summed E-state index contributed by atoms with van der Waals surface area (Å²) in [5.41, 5.74) is 8.82. The van der Waals surface area contributed by atoms with E-state index in [-0.39, 0.29) is 12.3 Å². The number of hydrogen-bond acceptors (Lipinski definition) is 6. The molecule has 1 fully saturated rings. The largest absolute Gasteiger partial charge is 0.491 e. The van der Waals surface area contributed by atoms with Gasteiger partial charge >= 0.3 is 0 Å². The molecule has 0 saturated carbocycles. The quantitative estimate of drug-likeness (QED) is 0.586. The zero-order valence-corrected chi connectivity index (χ0v) is 15.6. The Kier molecular flexibility index (Phi) is 4.09. The van der Waals surface area contributed by atoms with Crippen LogP contribution in [0, 0.1) is 6.92 Å². The monoisotopic (exact) mass is 375 g/mol. The molecule has 5 rings (SSSR count). The lowest BCUT2D eigenvalue weighted by molar-refractivity contribution is -0.0156. The highest BCUT2D eigenvalue weighted by atomic mass is 16.6. The molecule has 1 saturated heterocycles. The van der Waals surface area contributed by atoms with Crippen molar-refractivity contribution in [2.75, 3.05) is 12.3 Å². The van der Waals surface area contributed by atoms with Crippen molar-refractivity contribution in [2.45, 2.75) is 32.1 Å². The smallest absolute Gasteiger partial charge is 0.147 e. The van der Waals surface area contributed by atoms with Crippen LogP contribution in [0.5, 0.6) is 5.75 Å². The van der Waals surface area contributed by atoms with Crippen molar-refractivity contribution in [3.05, 3.63) is 54.6 Å². The van der Waals surface area contributed by atoms with Gasteiger partial charge in [-0.25, -0.2) is 9.97 Å². The van der Waals surface area contributed by atoms with Crippen LogP contribution in [0.15, 0.2) is 49.1 Å². The third-order valence-electron chi connectivity index (χ3n) is 5.24. The summed E-state index contributed by atoms with van der Waals surface area (Å²) in [7, 11) is 0. The van der Waals surface area contributed by atoms with Gasteiger partial charge in [0.2, 0.25) is 0 Å². The maximum atomic E-state index is 6.24. The number of benzene rings is 1. The fourth-order valence-electron chi connectivity index (χ4n) is 3.86. The van der Waals surface area contributed by atoms with Crippen molar-refractivity contribution in [1.82, 2.24) is 19.5 Å². The van der Waals surface area contributed by atoms with Crippen molar-refractivity contribution in [3.63, 3.8) is 0 Å². The average Bonchev–Trinajstić information content (AvgIpc) is 3.31. The lowest BCUT2D eigenvalue weighted by Crippen LogP contribution is -2.18. The van der Waals surface area contributed by atoms with Crippen molar-refractivity contribution in [2.24, 2.45) is 0 Å². The van der Waals surface area contributed by atoms with Gasteiger partial charge in [0.05, 0.1) is 17.0 Å². The van der Waals surface area contributed by atoms with Gasteiger partial charge in [-0.15, -0.1) is 0 Å². The van der Waals surface area contributed by atoms with Crippen LogP contribution < -0.4 is 10.5 Å². The van der Waals surface area contributed by atoms with E-state index in [4.69, 9.17) is 15.2 Å². The highest BCUT2D eigenvalue weighted by Gasteiger charge is 2.29. The van der Waals surface area contributed by atoms with Gasteiger partial charge in [0.25, 0.3) is 0 Å². The van der Waals surface area contributed by atoms with Crippen LogP contribution in [-0.4, -0.2) is 32.2 Å². The molecule has 4 aromatic rings. The van der Waals surface area contributed by atoms with Crippen LogP contribution in [-0.2, 0) is 4.74 Å². The molecule has 3 aromatic heterocycles. The molecule has 0 bridgehead atoms. The molecule has 1 aliphatic heterocycles. The summed E-state index contributed by atoms with van der Waals surface area (Å²) >= 11 is 0. The topological polar surface area (TPSA) is 88.1 Å². The van der Waals surface area contributed by atoms with Gasteiger partial charge < -0.3 is 19.8 Å². The van der Waals surface area contributed by atoms with Gasteiger partial charge in [0.1, 0.15) is 36.4 Å². The summed E-state index contributed by atoms with van der Waals surface area (Å²) in [6.45, 7) is 2.52. The highest BCUT2D eigenvalue weighted by molar-refractivity contribution is 5.89. The average molecular weight is 375 g/mol. The zero-order chi connectivity index (χ0) is 19.1. The van der Waals surface area contributed by atoms with Gasteiger partial charge in [-0.3, -0.25) is 4.98 Å². The Bertz CT molecular complexity index is 1160. The van der Waals surface area contributed by atoms with Gasteiger partial charge in [0.15, 0.2) is 0 Å². The second-order valence-electron chi connectivity index (χ2n) is 7.14. The first-order valence-corrected chi connectivity index (χ1v) is 9.40. The van der Waals surface area contributed by atoms with E-state index in [0.29, 0.717) is 12.4 Å². The van der Waals surface area contributed by atoms with E-state index in [1.165, 1.54) is 6.33 Å². The molecule has 0 amide bonds. The fourth-order valence-corrected chi connectivity index (χ4v) is 3.86. The Morgan fingerprint density at radius 3 is 3.07 bits per heavy atom. The van der Waals surface area contributed by atoms with Crippen LogP contribution in [0.4, 0.5) is 5.82 Å². The van der Waals surface area contributed by atoms with Crippen molar-refractivity contribution < 1.29 is 9.47 Å². The summed E-state index contributed by atoms with van der Waals surface area (Å²) in [5, 5.41) is 2.00. The Morgan fingerprint density at radius 1 is 1.21 bits per heavy atom. The molecule has 0 spiro atoms. The van der Waals surface area contributed by atoms with E-state index in [1.54, 1.807) is 6.20 Å². The fraction of sp³-hybridized carbons (Fsp3) is 0.286. The standard InChI is InChI=1S/C21H21N5O2/c1-13-10-26(21-19(13)20(22)24-12-25-21)18-7-6-16(28-18)11-27-15-5-4-14-3-2-8-23-17(14)9-15/h2-5,8-10,12,16,18H,6-7,11H2,1H3,(H2,22,24,25). The normalized spacial score (nSPS) is 19.5. The van der Waals surface area contributed by atoms with E-state index in [0.717, 1.165) is 46.1 Å². The Balaban J connectivity index is 1.29. The minimum absolute atomic E-state index is 0.0290. The SMILES string of the molecule is Cc1cn(C2CCC(COc3ccc4cccnc4c3)O2)c2ncnc(N)c12. The number of nitrogen functional groups attached to an aromatic ring is 1. The third kappa shape index (κ3) is 2.93. The maximum Gasteiger partial charge on any atom is 0.147 e. The molecule has 28 heavy (non-hydrogen) atoms. The molecule has 0 radical (unpaired) electrons. The number of nitrogens with zero attached hydrogens (tertiary/aromatic N) is 4. The molecular weight excluding hydrogens is 354 g/mol. The van der Waals surface area contributed by atoms with Crippen molar-refractivity contribution in [1.29, 1.82) is 0 Å². The summed E-state index contributed by atoms with van der Waals surface area (Å²) < 4.78 is 14.3. The van der Waals surface area contributed by atoms with Gasteiger partial charge in [0, 0.05) is 23.8 Å². The first-order valence-electron chi connectivity index (χ1n) is 9.40. The third-order valence-corrected chi connectivity index (χ3v) is 5.24. The number of nitrogens with two attached hydrogens (primary N) is 1. The Hall–Kier alpha value is -3.19. The van der Waals surface area contributed by atoms with Crippen LogP contribution in [0.1, 0.15) is 24.6 Å². The first kappa shape index (κ1) is 16.9. The zero-order valence-electron chi connectivity index (χ0n) is 15.6. The van der Waals surface area contributed by atoms with Crippen LogP contribution in [0.2, 0.25) is 0 Å². The van der Waals surface area contributed by atoms with E-state index >= 15 is 0 Å². The van der Waals surface area contributed by atoms with Crippen LogP contribution in [0.25, 0.3) is 21.9 Å². The van der Waals surface area contributed by atoms with Crippen LogP contribution in [0.3, 0.4) is 0 Å². The lowest BCUT2D eigenvalue weighted by Gasteiger charge is -2.16. The number of aromatic nitrogens is 4. The van der Waals surface area contributed by atoms with E-state index < -0.39 is 0 Å². The van der Waals surface area contributed by atoms with Crippen LogP contribution >= 0.6 is 0 Å². The molecule has 1 aliphatic rings. The van der Waals surface area contributed by atoms with E-state index in [1.807, 2.05) is 43.5 Å². The van der Waals surface area contributed by atoms with Gasteiger partial charge in [-0.05, 0) is 43.5 Å². The Labute approximate surface area is 162 Å².